The number of hydrogen-bond acceptors (Lipinski definition) is 4. The van der Waals surface area contributed by atoms with Gasteiger partial charge in [-0.1, -0.05) is 44.2 Å². The van der Waals surface area contributed by atoms with Crippen molar-refractivity contribution in [3.8, 4) is 11.1 Å². The lowest BCUT2D eigenvalue weighted by atomic mass is 10.0. The summed E-state index contributed by atoms with van der Waals surface area (Å²) >= 11 is 1.66. The zero-order chi connectivity index (χ0) is 19.0. The van der Waals surface area contributed by atoms with Gasteiger partial charge in [0.25, 0.3) is 0 Å². The van der Waals surface area contributed by atoms with E-state index in [1.54, 1.807) is 17.7 Å². The van der Waals surface area contributed by atoms with E-state index in [1.807, 2.05) is 0 Å². The summed E-state index contributed by atoms with van der Waals surface area (Å²) in [6.45, 7) is 8.70. The van der Waals surface area contributed by atoms with Gasteiger partial charge in [0.1, 0.15) is 17.0 Å². The number of anilines is 2. The van der Waals surface area contributed by atoms with Crippen molar-refractivity contribution in [1.29, 1.82) is 0 Å². The second-order valence-corrected chi connectivity index (χ2v) is 8.11. The first-order chi connectivity index (χ1) is 13.0. The Balaban J connectivity index is 1.77. The molecule has 0 spiro atoms. The van der Waals surface area contributed by atoms with Gasteiger partial charge in [0.2, 0.25) is 0 Å². The van der Waals surface area contributed by atoms with Crippen LogP contribution in [0.25, 0.3) is 21.3 Å². The molecule has 3 nitrogen and oxygen atoms in total. The summed E-state index contributed by atoms with van der Waals surface area (Å²) in [6, 6.07) is 15.2. The molecule has 0 aliphatic heterocycles. The lowest BCUT2D eigenvalue weighted by molar-refractivity contribution is 0.867. The summed E-state index contributed by atoms with van der Waals surface area (Å²) in [4.78, 5) is 10.0. The molecule has 4 rings (SSSR count). The number of fused-ring (bicyclic) bond motifs is 1. The smallest absolute Gasteiger partial charge is 0.143 e. The number of aromatic nitrogens is 2. The van der Waals surface area contributed by atoms with Crippen LogP contribution in [0.4, 0.5) is 11.5 Å². The zero-order valence-corrected chi connectivity index (χ0v) is 16.9. The quantitative estimate of drug-likeness (QED) is 0.425. The van der Waals surface area contributed by atoms with Gasteiger partial charge < -0.3 is 5.32 Å². The number of rotatable bonds is 4. The van der Waals surface area contributed by atoms with Gasteiger partial charge >= 0.3 is 0 Å². The monoisotopic (exact) mass is 373 g/mol. The fraction of sp³-hybridized carbons (Fsp3) is 0.217. The highest BCUT2D eigenvalue weighted by Gasteiger charge is 2.14. The Bertz CT molecular complexity index is 1090. The predicted molar refractivity (Wildman–Crippen MR) is 116 cm³/mol. The van der Waals surface area contributed by atoms with Gasteiger partial charge in [-0.05, 0) is 54.2 Å². The average Bonchev–Trinajstić information content (AvgIpc) is 3.10. The second-order valence-electron chi connectivity index (χ2n) is 7.25. The molecule has 0 bridgehead atoms. The van der Waals surface area contributed by atoms with Crippen molar-refractivity contribution in [2.45, 2.75) is 33.6 Å². The van der Waals surface area contributed by atoms with Gasteiger partial charge in [0.05, 0.1) is 5.39 Å². The lowest BCUT2D eigenvalue weighted by Crippen LogP contribution is -1.96. The molecule has 0 amide bonds. The summed E-state index contributed by atoms with van der Waals surface area (Å²) in [5.74, 6) is 1.38. The SMILES string of the molecule is Cc1ccc(-c2csc3ncnc(Nc4ccc(C(C)C)cc4)c23)cc1C. The Morgan fingerprint density at radius 2 is 1.70 bits per heavy atom. The summed E-state index contributed by atoms with van der Waals surface area (Å²) in [5.41, 5.74) is 7.36. The van der Waals surface area contributed by atoms with E-state index < -0.39 is 0 Å². The Labute approximate surface area is 164 Å². The standard InChI is InChI=1S/C23H23N3S/c1-14(2)17-7-9-19(10-8-17)26-22-21-20(12-27-23(21)25-13-24-22)18-6-5-15(3)16(4)11-18/h5-14H,1-4H3,(H,24,25,26). The minimum absolute atomic E-state index is 0.526. The van der Waals surface area contributed by atoms with Crippen molar-refractivity contribution in [3.63, 3.8) is 0 Å². The predicted octanol–water partition coefficient (Wildman–Crippen LogP) is 6.84. The average molecular weight is 374 g/mol. The van der Waals surface area contributed by atoms with Crippen LogP contribution in [0.15, 0.2) is 54.2 Å². The number of nitrogens with one attached hydrogen (secondary N) is 1. The third-order valence-electron chi connectivity index (χ3n) is 5.03. The van der Waals surface area contributed by atoms with E-state index in [2.05, 4.69) is 90.8 Å². The van der Waals surface area contributed by atoms with Crippen LogP contribution in [0.1, 0.15) is 36.5 Å². The van der Waals surface area contributed by atoms with Crippen LogP contribution in [-0.2, 0) is 0 Å². The summed E-state index contributed by atoms with van der Waals surface area (Å²) in [7, 11) is 0. The topological polar surface area (TPSA) is 37.8 Å². The van der Waals surface area contributed by atoms with E-state index in [0.717, 1.165) is 21.7 Å². The molecule has 2 aromatic heterocycles. The van der Waals surface area contributed by atoms with E-state index in [1.165, 1.54) is 27.8 Å². The third kappa shape index (κ3) is 3.45. The van der Waals surface area contributed by atoms with Gasteiger partial charge in [-0.15, -0.1) is 11.3 Å². The van der Waals surface area contributed by atoms with Crippen molar-refractivity contribution in [2.75, 3.05) is 5.32 Å². The van der Waals surface area contributed by atoms with E-state index in [4.69, 9.17) is 0 Å². The van der Waals surface area contributed by atoms with Gasteiger partial charge in [-0.25, -0.2) is 9.97 Å². The first kappa shape index (κ1) is 17.7. The van der Waals surface area contributed by atoms with Crippen LogP contribution >= 0.6 is 11.3 Å². The van der Waals surface area contributed by atoms with E-state index in [-0.39, 0.29) is 0 Å². The lowest BCUT2D eigenvalue weighted by Gasteiger charge is -2.11. The van der Waals surface area contributed by atoms with Crippen molar-refractivity contribution < 1.29 is 0 Å². The molecule has 136 valence electrons. The number of benzene rings is 2. The number of aryl methyl sites for hydroxylation is 2. The molecule has 0 radical (unpaired) electrons. The molecule has 0 atom stereocenters. The Morgan fingerprint density at radius 3 is 2.41 bits per heavy atom. The van der Waals surface area contributed by atoms with Gasteiger partial charge in [-0.2, -0.15) is 0 Å². The Morgan fingerprint density at radius 1 is 0.926 bits per heavy atom. The van der Waals surface area contributed by atoms with E-state index >= 15 is 0 Å². The van der Waals surface area contributed by atoms with Crippen LogP contribution in [0.3, 0.4) is 0 Å². The number of hydrogen-bond donors (Lipinski definition) is 1. The minimum atomic E-state index is 0.526. The number of nitrogens with zero attached hydrogens (tertiary/aromatic N) is 2. The molecule has 0 unspecified atom stereocenters. The van der Waals surface area contributed by atoms with Crippen LogP contribution in [0, 0.1) is 13.8 Å². The normalized spacial score (nSPS) is 11.3. The molecule has 0 fully saturated rings. The highest BCUT2D eigenvalue weighted by atomic mass is 32.1. The van der Waals surface area contributed by atoms with Crippen molar-refractivity contribution >= 4 is 33.1 Å². The van der Waals surface area contributed by atoms with Crippen LogP contribution in [0.2, 0.25) is 0 Å². The van der Waals surface area contributed by atoms with Crippen LogP contribution < -0.4 is 5.32 Å². The Hall–Kier alpha value is -2.72. The molecule has 4 aromatic rings. The maximum atomic E-state index is 4.54. The van der Waals surface area contributed by atoms with E-state index in [9.17, 15) is 0 Å². The molecular weight excluding hydrogens is 350 g/mol. The van der Waals surface area contributed by atoms with Crippen molar-refractivity contribution in [3.05, 3.63) is 70.9 Å². The zero-order valence-electron chi connectivity index (χ0n) is 16.1. The highest BCUT2D eigenvalue weighted by molar-refractivity contribution is 7.17. The molecule has 0 saturated heterocycles. The third-order valence-corrected chi connectivity index (χ3v) is 5.91. The second kappa shape index (κ2) is 7.12. The molecule has 0 aliphatic rings. The summed E-state index contributed by atoms with van der Waals surface area (Å²) < 4.78 is 0. The van der Waals surface area contributed by atoms with Crippen molar-refractivity contribution in [1.82, 2.24) is 9.97 Å². The highest BCUT2D eigenvalue weighted by Crippen LogP contribution is 2.38. The first-order valence-corrected chi connectivity index (χ1v) is 10.1. The summed E-state index contributed by atoms with van der Waals surface area (Å²) in [6.07, 6.45) is 1.63. The fourth-order valence-electron chi connectivity index (χ4n) is 3.18. The summed E-state index contributed by atoms with van der Waals surface area (Å²) in [5, 5.41) is 6.75. The van der Waals surface area contributed by atoms with Crippen LogP contribution in [-0.4, -0.2) is 9.97 Å². The van der Waals surface area contributed by atoms with Crippen molar-refractivity contribution in [2.24, 2.45) is 0 Å². The maximum Gasteiger partial charge on any atom is 0.143 e. The molecule has 0 saturated carbocycles. The van der Waals surface area contributed by atoms with Gasteiger partial charge in [0, 0.05) is 16.6 Å². The number of thiophene rings is 1. The Kier molecular flexibility index (Phi) is 4.66. The first-order valence-electron chi connectivity index (χ1n) is 9.19. The maximum absolute atomic E-state index is 4.54. The van der Waals surface area contributed by atoms with Gasteiger partial charge in [-0.3, -0.25) is 0 Å². The largest absolute Gasteiger partial charge is 0.340 e. The molecular formula is C23H23N3S. The molecule has 0 aliphatic carbocycles. The molecule has 2 heterocycles. The molecule has 1 N–H and O–H groups in total. The van der Waals surface area contributed by atoms with E-state index in [0.29, 0.717) is 5.92 Å². The van der Waals surface area contributed by atoms with Gasteiger partial charge in [0.15, 0.2) is 0 Å². The molecule has 4 heteroatoms. The molecule has 27 heavy (non-hydrogen) atoms. The fourth-order valence-corrected chi connectivity index (χ4v) is 4.10. The van der Waals surface area contributed by atoms with Crippen LogP contribution in [0.5, 0.6) is 0 Å². The minimum Gasteiger partial charge on any atom is -0.340 e. The molecule has 2 aromatic carbocycles.